The molecule has 3 rings (SSSR count). The van der Waals surface area contributed by atoms with Gasteiger partial charge in [0.15, 0.2) is 0 Å². The Morgan fingerprint density at radius 1 is 1.36 bits per heavy atom. The number of hydrogen-bond donors (Lipinski definition) is 3. The molecule has 1 fully saturated rings. The largest absolute Gasteiger partial charge is 0.480 e. The van der Waals surface area contributed by atoms with Gasteiger partial charge in [0.05, 0.1) is 24.5 Å². The lowest BCUT2D eigenvalue weighted by atomic mass is 10.2. The van der Waals surface area contributed by atoms with E-state index in [9.17, 15) is 14.0 Å². The van der Waals surface area contributed by atoms with Gasteiger partial charge in [-0.05, 0) is 49.2 Å². The summed E-state index contributed by atoms with van der Waals surface area (Å²) in [6.45, 7) is 0.495. The van der Waals surface area contributed by atoms with Gasteiger partial charge in [-0.3, -0.25) is 14.5 Å². The summed E-state index contributed by atoms with van der Waals surface area (Å²) in [7, 11) is 0. The Kier molecular flexibility index (Phi) is 5.08. The number of carboxylic acids is 1. The highest BCUT2D eigenvalue weighted by atomic mass is 19.1. The number of aromatic amines is 1. The number of benzene rings is 1. The SMILES string of the molecule is O=C(O)CNC(=O)CN1CCCC1c1ncc(-c2ccc(F)cc2)[nH]1. The van der Waals surface area contributed by atoms with Gasteiger partial charge in [0.2, 0.25) is 5.91 Å². The molecule has 2 aromatic rings. The van der Waals surface area contributed by atoms with Crippen molar-refractivity contribution in [1.82, 2.24) is 20.2 Å². The minimum absolute atomic E-state index is 0.0234. The lowest BCUT2D eigenvalue weighted by Crippen LogP contribution is -2.39. The number of carbonyl (C=O) groups is 2. The molecule has 1 aromatic carbocycles. The summed E-state index contributed by atoms with van der Waals surface area (Å²) in [6.07, 6.45) is 3.50. The molecule has 1 amide bonds. The topological polar surface area (TPSA) is 98.3 Å². The number of carboxylic acid groups (broad SMARTS) is 1. The Morgan fingerprint density at radius 3 is 2.84 bits per heavy atom. The second kappa shape index (κ2) is 7.43. The van der Waals surface area contributed by atoms with Crippen molar-refractivity contribution in [1.29, 1.82) is 0 Å². The molecule has 1 atom stereocenters. The number of H-pyrrole nitrogens is 1. The van der Waals surface area contributed by atoms with E-state index < -0.39 is 5.97 Å². The highest BCUT2D eigenvalue weighted by Gasteiger charge is 2.29. The average Bonchev–Trinajstić information content (AvgIpc) is 3.22. The van der Waals surface area contributed by atoms with Gasteiger partial charge >= 0.3 is 5.97 Å². The van der Waals surface area contributed by atoms with E-state index in [0.717, 1.165) is 36.5 Å². The van der Waals surface area contributed by atoms with Crippen LogP contribution in [0.25, 0.3) is 11.3 Å². The fourth-order valence-corrected chi connectivity index (χ4v) is 3.02. The molecule has 0 aliphatic carbocycles. The number of aliphatic carboxylic acids is 1. The first-order valence-electron chi connectivity index (χ1n) is 8.06. The minimum Gasteiger partial charge on any atom is -0.480 e. The maximum absolute atomic E-state index is 13.0. The molecule has 0 saturated carbocycles. The number of halogens is 1. The van der Waals surface area contributed by atoms with Crippen LogP contribution < -0.4 is 5.32 Å². The molecule has 1 aliphatic rings. The molecule has 8 heteroatoms. The third kappa shape index (κ3) is 4.21. The maximum atomic E-state index is 13.0. The van der Waals surface area contributed by atoms with Crippen LogP contribution in [-0.2, 0) is 9.59 Å². The molecule has 0 bridgehead atoms. The molecule has 0 radical (unpaired) electrons. The second-order valence-corrected chi connectivity index (χ2v) is 5.99. The number of nitrogens with zero attached hydrogens (tertiary/aromatic N) is 2. The van der Waals surface area contributed by atoms with Crippen molar-refractivity contribution in [2.24, 2.45) is 0 Å². The number of amides is 1. The van der Waals surface area contributed by atoms with Gasteiger partial charge < -0.3 is 15.4 Å². The summed E-state index contributed by atoms with van der Waals surface area (Å²) in [5.74, 6) is -0.929. The number of imidazole rings is 1. The maximum Gasteiger partial charge on any atom is 0.322 e. The van der Waals surface area contributed by atoms with E-state index in [2.05, 4.69) is 15.3 Å². The third-order valence-corrected chi connectivity index (χ3v) is 4.21. The molecule has 0 spiro atoms. The quantitative estimate of drug-likeness (QED) is 0.737. The normalized spacial score (nSPS) is 17.6. The van der Waals surface area contributed by atoms with E-state index in [-0.39, 0.29) is 30.9 Å². The zero-order valence-electron chi connectivity index (χ0n) is 13.5. The Balaban J connectivity index is 1.67. The Hall–Kier alpha value is -2.74. The Bertz CT molecular complexity index is 760. The van der Waals surface area contributed by atoms with Crippen LogP contribution in [0.2, 0.25) is 0 Å². The summed E-state index contributed by atoms with van der Waals surface area (Å²) < 4.78 is 13.0. The van der Waals surface area contributed by atoms with Crippen LogP contribution in [-0.4, -0.2) is 51.5 Å². The first-order chi connectivity index (χ1) is 12.0. The van der Waals surface area contributed by atoms with Gasteiger partial charge in [-0.15, -0.1) is 0 Å². The number of rotatable bonds is 6. The lowest BCUT2D eigenvalue weighted by Gasteiger charge is -2.22. The van der Waals surface area contributed by atoms with E-state index in [4.69, 9.17) is 5.11 Å². The number of aromatic nitrogens is 2. The van der Waals surface area contributed by atoms with E-state index >= 15 is 0 Å². The van der Waals surface area contributed by atoms with Crippen molar-refractivity contribution in [3.05, 3.63) is 42.1 Å². The minimum atomic E-state index is -1.07. The smallest absolute Gasteiger partial charge is 0.322 e. The molecule has 2 heterocycles. The fraction of sp³-hybridized carbons (Fsp3) is 0.353. The summed E-state index contributed by atoms with van der Waals surface area (Å²) in [4.78, 5) is 32.0. The molecular weight excluding hydrogens is 327 g/mol. The van der Waals surface area contributed by atoms with Crippen LogP contribution in [0.3, 0.4) is 0 Å². The molecule has 132 valence electrons. The summed E-state index contributed by atoms with van der Waals surface area (Å²) in [5.41, 5.74) is 1.63. The van der Waals surface area contributed by atoms with Crippen LogP contribution in [0, 0.1) is 5.82 Å². The zero-order valence-corrected chi connectivity index (χ0v) is 13.5. The molecule has 1 saturated heterocycles. The van der Waals surface area contributed by atoms with Gasteiger partial charge in [0.1, 0.15) is 18.2 Å². The Morgan fingerprint density at radius 2 is 2.12 bits per heavy atom. The molecule has 3 N–H and O–H groups in total. The number of carbonyl (C=O) groups excluding carboxylic acids is 1. The molecule has 25 heavy (non-hydrogen) atoms. The molecular formula is C17H19FN4O3. The Labute approximate surface area is 143 Å². The number of nitrogens with one attached hydrogen (secondary N) is 2. The zero-order chi connectivity index (χ0) is 17.8. The highest BCUT2D eigenvalue weighted by Crippen LogP contribution is 2.31. The first kappa shape index (κ1) is 17.1. The molecule has 1 aliphatic heterocycles. The van der Waals surface area contributed by atoms with Crippen molar-refractivity contribution in [2.45, 2.75) is 18.9 Å². The molecule has 7 nitrogen and oxygen atoms in total. The van der Waals surface area contributed by atoms with Crippen LogP contribution in [0.4, 0.5) is 4.39 Å². The summed E-state index contributed by atoms with van der Waals surface area (Å²) >= 11 is 0. The van der Waals surface area contributed by atoms with E-state index in [0.29, 0.717) is 0 Å². The van der Waals surface area contributed by atoms with E-state index in [1.54, 1.807) is 18.3 Å². The van der Waals surface area contributed by atoms with E-state index in [1.807, 2.05) is 4.90 Å². The average molecular weight is 346 g/mol. The van der Waals surface area contributed by atoms with Crippen molar-refractivity contribution in [3.8, 4) is 11.3 Å². The third-order valence-electron chi connectivity index (χ3n) is 4.21. The first-order valence-corrected chi connectivity index (χ1v) is 8.06. The number of likely N-dealkylation sites (tertiary alicyclic amines) is 1. The van der Waals surface area contributed by atoms with Gasteiger partial charge in [-0.2, -0.15) is 0 Å². The fourth-order valence-electron chi connectivity index (χ4n) is 3.02. The van der Waals surface area contributed by atoms with Crippen molar-refractivity contribution in [3.63, 3.8) is 0 Å². The monoisotopic (exact) mass is 346 g/mol. The van der Waals surface area contributed by atoms with E-state index in [1.165, 1.54) is 12.1 Å². The van der Waals surface area contributed by atoms with Gasteiger partial charge in [-0.1, -0.05) is 0 Å². The predicted octanol–water partition coefficient (Wildman–Crippen LogP) is 1.55. The van der Waals surface area contributed by atoms with Gasteiger partial charge in [0.25, 0.3) is 0 Å². The van der Waals surface area contributed by atoms with Crippen LogP contribution in [0.5, 0.6) is 0 Å². The van der Waals surface area contributed by atoms with Gasteiger partial charge in [0, 0.05) is 0 Å². The molecule has 1 aromatic heterocycles. The highest BCUT2D eigenvalue weighted by molar-refractivity contribution is 5.82. The van der Waals surface area contributed by atoms with Crippen LogP contribution in [0.1, 0.15) is 24.7 Å². The second-order valence-electron chi connectivity index (χ2n) is 5.99. The predicted molar refractivity (Wildman–Crippen MR) is 88.2 cm³/mol. The van der Waals surface area contributed by atoms with Crippen molar-refractivity contribution < 1.29 is 19.1 Å². The lowest BCUT2D eigenvalue weighted by molar-refractivity contribution is -0.138. The van der Waals surface area contributed by atoms with Crippen molar-refractivity contribution >= 4 is 11.9 Å². The van der Waals surface area contributed by atoms with Crippen molar-refractivity contribution in [2.75, 3.05) is 19.6 Å². The molecule has 1 unspecified atom stereocenters. The summed E-state index contributed by atoms with van der Waals surface area (Å²) in [5, 5.41) is 11.0. The van der Waals surface area contributed by atoms with Gasteiger partial charge in [-0.25, -0.2) is 9.37 Å². The van der Waals surface area contributed by atoms with Crippen LogP contribution in [0.15, 0.2) is 30.5 Å². The standard InChI is InChI=1S/C17H19FN4O3/c18-12-5-3-11(4-6-12)13-8-20-17(21-13)14-2-1-7-22(14)10-15(23)19-9-16(24)25/h3-6,8,14H,1-2,7,9-10H2,(H,19,23)(H,20,21)(H,24,25). The number of hydrogen-bond acceptors (Lipinski definition) is 4. The van der Waals surface area contributed by atoms with Crippen LogP contribution >= 0.6 is 0 Å². The summed E-state index contributed by atoms with van der Waals surface area (Å²) in [6, 6.07) is 6.12.